The fraction of sp³-hybridized carbons (Fsp3) is 0.368. The lowest BCUT2D eigenvalue weighted by Crippen LogP contribution is -2.32. The number of rotatable bonds is 5. The Bertz CT molecular complexity index is 1130. The monoisotopic (exact) mass is 401 g/mol. The van der Waals surface area contributed by atoms with Crippen molar-refractivity contribution in [3.05, 3.63) is 46.3 Å². The third-order valence-corrected chi connectivity index (χ3v) is 4.16. The molecule has 0 aliphatic carbocycles. The number of hydrogen-bond acceptors (Lipinski definition) is 6. The van der Waals surface area contributed by atoms with Crippen LogP contribution in [0, 0.1) is 11.2 Å². The average molecular weight is 401 g/mol. The molecule has 3 rings (SSSR count). The largest absolute Gasteiger partial charge is 0.373 e. The molecule has 0 fully saturated rings. The van der Waals surface area contributed by atoms with E-state index >= 15 is 0 Å². The molecule has 0 saturated carbocycles. The first-order chi connectivity index (χ1) is 13.6. The third-order valence-electron chi connectivity index (χ3n) is 4.16. The molecule has 0 atom stereocenters. The summed E-state index contributed by atoms with van der Waals surface area (Å²) < 4.78 is 16.3. The normalized spacial score (nSPS) is 11.5. The van der Waals surface area contributed by atoms with Gasteiger partial charge in [0.05, 0.1) is 6.20 Å². The van der Waals surface area contributed by atoms with Gasteiger partial charge in [-0.1, -0.05) is 20.8 Å². The van der Waals surface area contributed by atoms with Gasteiger partial charge in [0.1, 0.15) is 28.7 Å². The van der Waals surface area contributed by atoms with Gasteiger partial charge in [-0.05, 0) is 5.41 Å². The predicted molar refractivity (Wildman–Crippen MR) is 109 cm³/mol. The van der Waals surface area contributed by atoms with E-state index in [-0.39, 0.29) is 22.8 Å². The molecule has 3 N–H and O–H groups in total. The second kappa shape index (κ2) is 7.53. The Morgan fingerprint density at radius 2 is 2.00 bits per heavy atom. The van der Waals surface area contributed by atoms with Gasteiger partial charge >= 0.3 is 0 Å². The summed E-state index contributed by atoms with van der Waals surface area (Å²) in [7, 11) is 3.15. The predicted octanol–water partition coefficient (Wildman–Crippen LogP) is 2.13. The lowest BCUT2D eigenvalue weighted by molar-refractivity contribution is 0.0941. The summed E-state index contributed by atoms with van der Waals surface area (Å²) in [6.07, 6.45) is 2.53. The SMILES string of the molecule is CNc1cc(Nc2cc(F)cn(C)c2=O)nc2c(C(=O)NCC(C)(C)C)cnn12. The fourth-order valence-electron chi connectivity index (χ4n) is 2.70. The number of carbonyl (C=O) groups is 1. The van der Waals surface area contributed by atoms with E-state index in [1.54, 1.807) is 13.1 Å². The van der Waals surface area contributed by atoms with E-state index in [0.717, 1.165) is 16.8 Å². The summed E-state index contributed by atoms with van der Waals surface area (Å²) in [6.45, 7) is 6.53. The van der Waals surface area contributed by atoms with E-state index in [1.807, 2.05) is 20.8 Å². The highest BCUT2D eigenvalue weighted by molar-refractivity contribution is 6.00. The van der Waals surface area contributed by atoms with Crippen LogP contribution in [0.15, 0.2) is 29.3 Å². The topological polar surface area (TPSA) is 105 Å². The van der Waals surface area contributed by atoms with Crippen LogP contribution in [0.25, 0.3) is 5.65 Å². The van der Waals surface area contributed by atoms with Gasteiger partial charge in [0, 0.05) is 39.0 Å². The van der Waals surface area contributed by atoms with Crippen molar-refractivity contribution in [2.45, 2.75) is 20.8 Å². The molecule has 9 nitrogen and oxygen atoms in total. The maximum absolute atomic E-state index is 13.7. The first-order valence-electron chi connectivity index (χ1n) is 9.07. The van der Waals surface area contributed by atoms with Crippen LogP contribution in [-0.2, 0) is 7.05 Å². The molecule has 0 aliphatic heterocycles. The number of carbonyl (C=O) groups excluding carboxylic acids is 1. The molecular formula is C19H24FN7O2. The average Bonchev–Trinajstić information content (AvgIpc) is 3.06. The number of aryl methyl sites for hydroxylation is 1. The van der Waals surface area contributed by atoms with Gasteiger partial charge in [-0.3, -0.25) is 9.59 Å². The minimum absolute atomic E-state index is 0.0321. The van der Waals surface area contributed by atoms with Crippen LogP contribution < -0.4 is 21.5 Å². The molecule has 0 bridgehead atoms. The highest BCUT2D eigenvalue weighted by Gasteiger charge is 2.19. The Morgan fingerprint density at radius 3 is 2.66 bits per heavy atom. The highest BCUT2D eigenvalue weighted by atomic mass is 19.1. The van der Waals surface area contributed by atoms with Crippen molar-refractivity contribution in [3.8, 4) is 0 Å². The highest BCUT2D eigenvalue weighted by Crippen LogP contribution is 2.21. The Kier molecular flexibility index (Phi) is 5.27. The van der Waals surface area contributed by atoms with Crippen molar-refractivity contribution in [3.63, 3.8) is 0 Å². The van der Waals surface area contributed by atoms with Gasteiger partial charge in [0.2, 0.25) is 0 Å². The first kappa shape index (κ1) is 20.3. The molecule has 0 aromatic carbocycles. The zero-order chi connectivity index (χ0) is 21.3. The van der Waals surface area contributed by atoms with Crippen LogP contribution >= 0.6 is 0 Å². The lowest BCUT2D eigenvalue weighted by Gasteiger charge is -2.18. The number of fused-ring (bicyclic) bond motifs is 1. The van der Waals surface area contributed by atoms with Crippen molar-refractivity contribution in [1.82, 2.24) is 24.5 Å². The zero-order valence-electron chi connectivity index (χ0n) is 17.0. The van der Waals surface area contributed by atoms with Gasteiger partial charge in [-0.25, -0.2) is 9.37 Å². The molecule has 0 aliphatic rings. The Morgan fingerprint density at radius 1 is 1.28 bits per heavy atom. The Labute approximate surface area is 167 Å². The van der Waals surface area contributed by atoms with E-state index in [9.17, 15) is 14.0 Å². The smallest absolute Gasteiger partial charge is 0.274 e. The van der Waals surface area contributed by atoms with Crippen LogP contribution in [-0.4, -0.2) is 38.7 Å². The molecule has 0 radical (unpaired) electrons. The summed E-state index contributed by atoms with van der Waals surface area (Å²) in [4.78, 5) is 29.3. The number of hydrogen-bond donors (Lipinski definition) is 3. The molecule has 0 spiro atoms. The molecule has 29 heavy (non-hydrogen) atoms. The van der Waals surface area contributed by atoms with Crippen molar-refractivity contribution < 1.29 is 9.18 Å². The quantitative estimate of drug-likeness (QED) is 0.605. The van der Waals surface area contributed by atoms with E-state index in [1.165, 1.54) is 17.8 Å². The number of anilines is 3. The van der Waals surface area contributed by atoms with Crippen molar-refractivity contribution in [2.75, 3.05) is 24.2 Å². The number of amides is 1. The molecule has 3 aromatic rings. The van der Waals surface area contributed by atoms with Crippen molar-refractivity contribution >= 4 is 28.9 Å². The van der Waals surface area contributed by atoms with Crippen LogP contribution in [0.5, 0.6) is 0 Å². The van der Waals surface area contributed by atoms with Crippen LogP contribution in [0.1, 0.15) is 31.1 Å². The number of halogens is 1. The van der Waals surface area contributed by atoms with Crippen LogP contribution in [0.2, 0.25) is 0 Å². The minimum atomic E-state index is -0.559. The minimum Gasteiger partial charge on any atom is -0.373 e. The maximum atomic E-state index is 13.7. The van der Waals surface area contributed by atoms with Crippen LogP contribution in [0.3, 0.4) is 0 Å². The second-order valence-electron chi connectivity index (χ2n) is 7.93. The van der Waals surface area contributed by atoms with E-state index in [2.05, 4.69) is 26.0 Å². The molecule has 1 amide bonds. The zero-order valence-corrected chi connectivity index (χ0v) is 17.0. The Hall–Kier alpha value is -3.43. The van der Waals surface area contributed by atoms with Gasteiger partial charge in [-0.15, -0.1) is 0 Å². The lowest BCUT2D eigenvalue weighted by atomic mass is 9.97. The summed E-state index contributed by atoms with van der Waals surface area (Å²) >= 11 is 0. The summed E-state index contributed by atoms with van der Waals surface area (Å²) in [5.74, 6) is -0.0464. The van der Waals surface area contributed by atoms with E-state index in [4.69, 9.17) is 0 Å². The summed E-state index contributed by atoms with van der Waals surface area (Å²) in [5.41, 5.74) is 0.146. The molecular weight excluding hydrogens is 377 g/mol. The van der Waals surface area contributed by atoms with Gasteiger partial charge in [-0.2, -0.15) is 9.61 Å². The number of nitrogens with zero attached hydrogens (tertiary/aromatic N) is 4. The molecule has 154 valence electrons. The number of pyridine rings is 1. The fourth-order valence-corrected chi connectivity index (χ4v) is 2.70. The van der Waals surface area contributed by atoms with Gasteiger partial charge < -0.3 is 20.5 Å². The molecule has 0 unspecified atom stereocenters. The van der Waals surface area contributed by atoms with Gasteiger partial charge in [0.15, 0.2) is 5.65 Å². The molecule has 3 aromatic heterocycles. The summed E-state index contributed by atoms with van der Waals surface area (Å²) in [6, 6.07) is 2.71. The molecule has 3 heterocycles. The molecule has 10 heteroatoms. The maximum Gasteiger partial charge on any atom is 0.274 e. The van der Waals surface area contributed by atoms with Crippen molar-refractivity contribution in [1.29, 1.82) is 0 Å². The van der Waals surface area contributed by atoms with E-state index < -0.39 is 11.4 Å². The number of aromatic nitrogens is 4. The number of nitrogens with one attached hydrogen (secondary N) is 3. The van der Waals surface area contributed by atoms with Crippen molar-refractivity contribution in [2.24, 2.45) is 12.5 Å². The standard InChI is InChI=1S/C19H24FN7O2/c1-19(2,3)10-22-17(28)12-8-23-27-15(21-4)7-14(25-16(12)27)24-13-6-11(20)9-26(5)18(13)29/h6-9,21H,10H2,1-5H3,(H,22,28)(H,24,25). The van der Waals surface area contributed by atoms with Crippen LogP contribution in [0.4, 0.5) is 21.7 Å². The Balaban J connectivity index is 2.02. The summed E-state index contributed by atoms with van der Waals surface area (Å²) in [5, 5.41) is 12.9. The first-order valence-corrected chi connectivity index (χ1v) is 9.07. The van der Waals surface area contributed by atoms with Gasteiger partial charge in [0.25, 0.3) is 11.5 Å². The molecule has 0 saturated heterocycles. The second-order valence-corrected chi connectivity index (χ2v) is 7.93. The third kappa shape index (κ3) is 4.36. The van der Waals surface area contributed by atoms with E-state index in [0.29, 0.717) is 23.6 Å².